The number of hydrogen-bond acceptors (Lipinski definition) is 6. The van der Waals surface area contributed by atoms with Crippen LogP contribution >= 0.6 is 15.9 Å². The van der Waals surface area contributed by atoms with E-state index in [9.17, 15) is 18.3 Å². The molecule has 10 heteroatoms. The van der Waals surface area contributed by atoms with Gasteiger partial charge in [-0.05, 0) is 60.5 Å². The minimum atomic E-state index is -3.75. The predicted molar refractivity (Wildman–Crippen MR) is 121 cm³/mol. The first-order chi connectivity index (χ1) is 14.9. The van der Waals surface area contributed by atoms with Gasteiger partial charge in [-0.1, -0.05) is 30.3 Å². The van der Waals surface area contributed by atoms with Crippen LogP contribution in [0.15, 0.2) is 68.7 Å². The largest absolute Gasteiger partial charge is 0.432 e. The molecule has 0 saturated heterocycles. The van der Waals surface area contributed by atoms with Crippen LogP contribution in [0.3, 0.4) is 0 Å². The number of nitrogens with zero attached hydrogens (tertiary/aromatic N) is 2. The number of sulfonamides is 1. The van der Waals surface area contributed by atoms with E-state index in [2.05, 4.69) is 25.6 Å². The Morgan fingerprint density at radius 3 is 2.41 bits per heavy atom. The van der Waals surface area contributed by atoms with Crippen molar-refractivity contribution in [2.45, 2.75) is 43.4 Å². The molecule has 168 valence electrons. The molecule has 32 heavy (non-hydrogen) atoms. The van der Waals surface area contributed by atoms with Gasteiger partial charge < -0.3 is 9.52 Å². The van der Waals surface area contributed by atoms with Gasteiger partial charge in [0.2, 0.25) is 15.9 Å². The van der Waals surface area contributed by atoms with E-state index in [1.165, 1.54) is 35.4 Å². The van der Waals surface area contributed by atoms with Crippen LogP contribution in [-0.2, 0) is 27.0 Å². The number of carbonyl (C=O) groups is 1. The SMILES string of the molecule is CC(C)(C)NS(=O)(=O)c1ccc(C2(O)C(=O)N(Cc3ncc(Br)o3)c3ccccc32)cc1. The zero-order valence-electron chi connectivity index (χ0n) is 17.7. The Kier molecular flexibility index (Phi) is 5.52. The molecule has 0 saturated carbocycles. The van der Waals surface area contributed by atoms with E-state index in [1.807, 2.05) is 0 Å². The van der Waals surface area contributed by atoms with Gasteiger partial charge in [-0.25, -0.2) is 18.1 Å². The minimum absolute atomic E-state index is 0.0335. The first-order valence-electron chi connectivity index (χ1n) is 9.80. The number of carbonyl (C=O) groups excluding carboxylic acids is 1. The lowest BCUT2D eigenvalue weighted by Gasteiger charge is -2.24. The Hall–Kier alpha value is -2.53. The fraction of sp³-hybridized carbons (Fsp3) is 0.273. The first-order valence-corrected chi connectivity index (χ1v) is 12.1. The monoisotopic (exact) mass is 519 g/mol. The van der Waals surface area contributed by atoms with Crippen LogP contribution in [0.2, 0.25) is 0 Å². The molecule has 0 aliphatic carbocycles. The fourth-order valence-electron chi connectivity index (χ4n) is 3.70. The quantitative estimate of drug-likeness (QED) is 0.534. The van der Waals surface area contributed by atoms with Crippen LogP contribution in [0.4, 0.5) is 5.69 Å². The molecule has 0 fully saturated rings. The lowest BCUT2D eigenvalue weighted by molar-refractivity contribution is -0.132. The van der Waals surface area contributed by atoms with Crippen molar-refractivity contribution in [3.05, 3.63) is 76.4 Å². The van der Waals surface area contributed by atoms with Gasteiger partial charge in [0, 0.05) is 11.1 Å². The molecular formula is C22H22BrN3O5S. The number of halogens is 1. The predicted octanol–water partition coefficient (Wildman–Crippen LogP) is 3.30. The van der Waals surface area contributed by atoms with E-state index < -0.39 is 27.1 Å². The number of oxazole rings is 1. The number of fused-ring (bicyclic) bond motifs is 1. The highest BCUT2D eigenvalue weighted by atomic mass is 79.9. The maximum Gasteiger partial charge on any atom is 0.268 e. The fourth-order valence-corrected chi connectivity index (χ4v) is 5.41. The van der Waals surface area contributed by atoms with Gasteiger partial charge in [-0.15, -0.1) is 0 Å². The summed E-state index contributed by atoms with van der Waals surface area (Å²) in [6, 6.07) is 12.6. The highest BCUT2D eigenvalue weighted by Crippen LogP contribution is 2.45. The van der Waals surface area contributed by atoms with E-state index in [1.54, 1.807) is 45.0 Å². The van der Waals surface area contributed by atoms with Crippen molar-refractivity contribution in [1.82, 2.24) is 9.71 Å². The highest BCUT2D eigenvalue weighted by Gasteiger charge is 2.51. The van der Waals surface area contributed by atoms with Gasteiger partial charge in [-0.2, -0.15) is 0 Å². The molecule has 1 amide bonds. The van der Waals surface area contributed by atoms with Gasteiger partial charge >= 0.3 is 0 Å². The summed E-state index contributed by atoms with van der Waals surface area (Å²) in [5.41, 5.74) is -1.42. The second-order valence-electron chi connectivity index (χ2n) is 8.56. The number of aliphatic hydroxyl groups is 1. The van der Waals surface area contributed by atoms with Crippen molar-refractivity contribution < 1.29 is 22.7 Å². The van der Waals surface area contributed by atoms with Crippen LogP contribution in [0.25, 0.3) is 0 Å². The molecule has 1 aliphatic rings. The standard InChI is InChI=1S/C22H22BrN3O5S/c1-21(2,3)25-32(29,30)15-10-8-14(9-11-15)22(28)16-6-4-5-7-17(16)26(20(22)27)13-19-24-12-18(23)31-19/h4-12,25,28H,13H2,1-3H3. The Morgan fingerprint density at radius 2 is 1.81 bits per heavy atom. The van der Waals surface area contributed by atoms with Gasteiger partial charge in [-0.3, -0.25) is 9.69 Å². The van der Waals surface area contributed by atoms with E-state index in [0.29, 0.717) is 21.8 Å². The van der Waals surface area contributed by atoms with E-state index >= 15 is 0 Å². The van der Waals surface area contributed by atoms with Gasteiger partial charge in [0.05, 0.1) is 16.8 Å². The van der Waals surface area contributed by atoms with Crippen molar-refractivity contribution in [2.75, 3.05) is 4.90 Å². The number of benzene rings is 2. The molecule has 3 aromatic rings. The second kappa shape index (κ2) is 7.80. The molecular weight excluding hydrogens is 498 g/mol. The van der Waals surface area contributed by atoms with Crippen LogP contribution in [0, 0.1) is 0 Å². The van der Waals surface area contributed by atoms with Crippen LogP contribution in [0.5, 0.6) is 0 Å². The molecule has 0 radical (unpaired) electrons. The molecule has 0 bridgehead atoms. The number of para-hydroxylation sites is 1. The number of aromatic nitrogens is 1. The van der Waals surface area contributed by atoms with Crippen LogP contribution in [-0.4, -0.2) is 30.0 Å². The molecule has 2 heterocycles. The number of anilines is 1. The van der Waals surface area contributed by atoms with Crippen LogP contribution in [0.1, 0.15) is 37.8 Å². The third kappa shape index (κ3) is 3.99. The molecule has 1 unspecified atom stereocenters. The number of rotatable bonds is 5. The summed E-state index contributed by atoms with van der Waals surface area (Å²) in [4.78, 5) is 19.0. The molecule has 0 spiro atoms. The van der Waals surface area contributed by atoms with Gasteiger partial charge in [0.25, 0.3) is 5.91 Å². The maximum atomic E-state index is 13.4. The third-order valence-electron chi connectivity index (χ3n) is 4.98. The topological polar surface area (TPSA) is 113 Å². The van der Waals surface area contributed by atoms with Crippen molar-refractivity contribution in [2.24, 2.45) is 0 Å². The van der Waals surface area contributed by atoms with Crippen molar-refractivity contribution >= 4 is 37.5 Å². The molecule has 2 aromatic carbocycles. The molecule has 1 aromatic heterocycles. The summed E-state index contributed by atoms with van der Waals surface area (Å²) in [7, 11) is -3.75. The zero-order valence-corrected chi connectivity index (χ0v) is 20.1. The van der Waals surface area contributed by atoms with Crippen LogP contribution < -0.4 is 9.62 Å². The van der Waals surface area contributed by atoms with Crippen molar-refractivity contribution in [3.63, 3.8) is 0 Å². The number of nitrogens with one attached hydrogen (secondary N) is 1. The lowest BCUT2D eigenvalue weighted by Crippen LogP contribution is -2.41. The summed E-state index contributed by atoms with van der Waals surface area (Å²) in [5.74, 6) is -0.268. The summed E-state index contributed by atoms with van der Waals surface area (Å²) in [6.45, 7) is 5.27. The van der Waals surface area contributed by atoms with Crippen molar-refractivity contribution in [1.29, 1.82) is 0 Å². The number of amides is 1. The van der Waals surface area contributed by atoms with Gasteiger partial charge in [0.1, 0.15) is 6.54 Å². The number of hydrogen-bond donors (Lipinski definition) is 2. The zero-order chi connectivity index (χ0) is 23.3. The summed E-state index contributed by atoms with van der Waals surface area (Å²) in [6.07, 6.45) is 1.48. The van der Waals surface area contributed by atoms with E-state index in [-0.39, 0.29) is 17.0 Å². The molecule has 2 N–H and O–H groups in total. The Morgan fingerprint density at radius 1 is 1.16 bits per heavy atom. The molecule has 4 rings (SSSR count). The maximum absolute atomic E-state index is 13.4. The summed E-state index contributed by atoms with van der Waals surface area (Å²) >= 11 is 3.19. The Bertz CT molecular complexity index is 1280. The molecule has 8 nitrogen and oxygen atoms in total. The molecule has 1 aliphatic heterocycles. The van der Waals surface area contributed by atoms with Gasteiger partial charge in [0.15, 0.2) is 10.3 Å². The summed E-state index contributed by atoms with van der Waals surface area (Å²) in [5, 5.41) is 11.6. The third-order valence-corrected chi connectivity index (χ3v) is 7.12. The Balaban J connectivity index is 1.72. The smallest absolute Gasteiger partial charge is 0.268 e. The van der Waals surface area contributed by atoms with E-state index in [0.717, 1.165) is 0 Å². The second-order valence-corrected chi connectivity index (χ2v) is 11.0. The lowest BCUT2D eigenvalue weighted by atomic mass is 9.87. The van der Waals surface area contributed by atoms with E-state index in [4.69, 9.17) is 4.42 Å². The highest BCUT2D eigenvalue weighted by molar-refractivity contribution is 9.10. The van der Waals surface area contributed by atoms with Crippen molar-refractivity contribution in [3.8, 4) is 0 Å². The first kappa shape index (κ1) is 22.7. The molecule has 1 atom stereocenters. The Labute approximate surface area is 194 Å². The normalized spacial score (nSPS) is 18.8. The minimum Gasteiger partial charge on any atom is -0.432 e. The summed E-state index contributed by atoms with van der Waals surface area (Å²) < 4.78 is 33.7. The average Bonchev–Trinajstić information content (AvgIpc) is 3.22. The average molecular weight is 520 g/mol.